The number of carbonyl (C=O) groups excluding carboxylic acids is 4. The van der Waals surface area contributed by atoms with Crippen LogP contribution in [0.2, 0.25) is 0 Å². The topological polar surface area (TPSA) is 436 Å². The zero-order valence-corrected chi connectivity index (χ0v) is 82.2. The monoisotopic (exact) mass is 2130 g/mol. The summed E-state index contributed by atoms with van der Waals surface area (Å²) in [6.07, 6.45) is 22.6. The van der Waals surface area contributed by atoms with E-state index in [0.717, 1.165) is 172 Å². The first kappa shape index (κ1) is 94.8. The minimum atomic E-state index is -0.999. The second kappa shape index (κ2) is 41.4. The van der Waals surface area contributed by atoms with Crippen LogP contribution in [0.1, 0.15) is 129 Å². The van der Waals surface area contributed by atoms with Crippen LogP contribution in [0.4, 0.5) is 27.7 Å². The Bertz CT molecular complexity index is 7270. The number of carbonyl (C=O) groups is 4. The zero-order valence-electron chi connectivity index (χ0n) is 75.1. The SMILES string of the molecule is C[C@@H](O)C(=O)N1CCC(c2nc3c(-c4ccc(-c5ccc(F)cc5)nc4)cnn3c(N)c2Br)CC1.C[C@@H](O)C(=O)N1CCC(c2nc3c(-c4ccc(-c5ccsc5)nc4)cnn3c(N)c2Br)CC1.C[C@@H](O)C(=O)N1CCC(c2nc3c(-c4ccn(-c5ccccc5)c4)cnn3c(N)c2Br)CC1.Nc1c(Br)c(C2CCN(C(=O)c3ccncn3)CC2)nc2c(-c3ccc(-c4ccccc4)nc3)cnn12. The number of aliphatic hydroxyl groups is 3. The third-order valence-corrected chi connectivity index (χ3v) is 29.5. The molecule has 4 aliphatic heterocycles. The fourth-order valence-corrected chi connectivity index (χ4v) is 20.9. The first-order valence-corrected chi connectivity index (χ1v) is 49.2. The summed E-state index contributed by atoms with van der Waals surface area (Å²) in [5.74, 6) is 1.44. The van der Waals surface area contributed by atoms with Gasteiger partial charge >= 0.3 is 0 Å². The third-order valence-electron chi connectivity index (χ3n) is 25.5. The van der Waals surface area contributed by atoms with Crippen LogP contribution < -0.4 is 22.9 Å². The predicted octanol–water partition coefficient (Wildman–Crippen LogP) is 16.2. The van der Waals surface area contributed by atoms with Gasteiger partial charge in [-0.2, -0.15) is 49.8 Å². The molecule has 138 heavy (non-hydrogen) atoms. The number of likely N-dealkylation sites (tertiary alicyclic amines) is 4. The van der Waals surface area contributed by atoms with Crippen LogP contribution in [0.15, 0.2) is 236 Å². The van der Waals surface area contributed by atoms with Crippen molar-refractivity contribution in [1.82, 2.24) is 107 Å². The van der Waals surface area contributed by atoms with Crippen LogP contribution in [-0.4, -0.2) is 217 Å². The number of piperidine rings is 4. The summed E-state index contributed by atoms with van der Waals surface area (Å²) in [7, 11) is 0. The van der Waals surface area contributed by atoms with E-state index in [9.17, 15) is 38.9 Å². The molecule has 33 nitrogen and oxygen atoms in total. The molecule has 4 saturated heterocycles. The van der Waals surface area contributed by atoms with E-state index in [2.05, 4.69) is 137 Å². The molecule has 4 amide bonds. The smallest absolute Gasteiger partial charge is 0.272 e. The number of amides is 4. The minimum absolute atomic E-state index is 0.0765. The van der Waals surface area contributed by atoms with E-state index in [1.54, 1.807) is 99.5 Å². The highest BCUT2D eigenvalue weighted by molar-refractivity contribution is 9.11. The van der Waals surface area contributed by atoms with Gasteiger partial charge in [0.15, 0.2) is 22.6 Å². The summed E-state index contributed by atoms with van der Waals surface area (Å²) in [6.45, 7) is 9.15. The third kappa shape index (κ3) is 19.7. The van der Waals surface area contributed by atoms with Gasteiger partial charge in [0.05, 0.1) is 82.5 Å². The molecule has 704 valence electrons. The number of aliphatic hydroxyl groups excluding tert-OH is 3. The summed E-state index contributed by atoms with van der Waals surface area (Å²) in [5.41, 5.74) is 46.1. The number of nitrogens with zero attached hydrogens (tertiary/aromatic N) is 22. The van der Waals surface area contributed by atoms with Crippen LogP contribution in [0.5, 0.6) is 0 Å². The number of hydrogen-bond acceptors (Lipinski definition) is 25. The van der Waals surface area contributed by atoms with E-state index in [1.165, 1.54) is 39.2 Å². The number of rotatable bonds is 16. The molecular formula is C99H95Br4FN26O7S. The van der Waals surface area contributed by atoms with E-state index in [0.29, 0.717) is 108 Å². The number of anilines is 4. The number of aromatic nitrogens is 18. The van der Waals surface area contributed by atoms with Crippen molar-refractivity contribution in [3.8, 4) is 84.0 Å². The summed E-state index contributed by atoms with van der Waals surface area (Å²) < 4.78 is 24.8. The molecule has 0 saturated carbocycles. The molecule has 17 aromatic rings. The van der Waals surface area contributed by atoms with Crippen molar-refractivity contribution in [3.05, 3.63) is 271 Å². The van der Waals surface area contributed by atoms with Gasteiger partial charge in [-0.25, -0.2) is 34.3 Å². The normalized spacial score (nSPS) is 15.3. The van der Waals surface area contributed by atoms with Gasteiger partial charge in [-0.15, -0.1) is 0 Å². The lowest BCUT2D eigenvalue weighted by atomic mass is 9.93. The van der Waals surface area contributed by atoms with Crippen molar-refractivity contribution in [2.45, 2.75) is 114 Å². The molecule has 14 aromatic heterocycles. The number of thiophene rings is 1. The van der Waals surface area contributed by atoms with Gasteiger partial charge < -0.3 is 62.4 Å². The van der Waals surface area contributed by atoms with E-state index < -0.39 is 18.3 Å². The van der Waals surface area contributed by atoms with Gasteiger partial charge in [0, 0.05) is 185 Å². The Labute approximate surface area is 828 Å². The molecule has 0 unspecified atom stereocenters. The number of pyridine rings is 3. The number of nitrogens with two attached hydrogens (primary N) is 4. The van der Waals surface area contributed by atoms with Crippen LogP contribution in [0, 0.1) is 5.82 Å². The zero-order chi connectivity index (χ0) is 96.3. The molecule has 11 N–H and O–H groups in total. The molecule has 18 heterocycles. The molecule has 3 atom stereocenters. The highest BCUT2D eigenvalue weighted by atomic mass is 79.9. The van der Waals surface area contributed by atoms with E-state index in [-0.39, 0.29) is 53.1 Å². The molecule has 0 bridgehead atoms. The second-order valence-electron chi connectivity index (χ2n) is 34.3. The summed E-state index contributed by atoms with van der Waals surface area (Å²) in [4.78, 5) is 97.9. The van der Waals surface area contributed by atoms with E-state index in [4.69, 9.17) is 42.9 Å². The van der Waals surface area contributed by atoms with Crippen LogP contribution in [-0.2, 0) is 14.4 Å². The van der Waals surface area contributed by atoms with Crippen molar-refractivity contribution in [3.63, 3.8) is 0 Å². The number of hydrogen-bond donors (Lipinski definition) is 7. The predicted molar refractivity (Wildman–Crippen MR) is 540 cm³/mol. The van der Waals surface area contributed by atoms with Gasteiger partial charge in [0.25, 0.3) is 23.6 Å². The van der Waals surface area contributed by atoms with Crippen molar-refractivity contribution < 1.29 is 38.9 Å². The maximum Gasteiger partial charge on any atom is 0.272 e. The maximum absolute atomic E-state index is 13.2. The van der Waals surface area contributed by atoms with Crippen LogP contribution in [0.25, 0.3) is 107 Å². The average Bonchev–Trinajstić information content (AvgIpc) is 1.58. The fourth-order valence-electron chi connectivity index (χ4n) is 17.9. The number of fused-ring (bicyclic) bond motifs is 4. The lowest BCUT2D eigenvalue weighted by Crippen LogP contribution is -2.42. The summed E-state index contributed by atoms with van der Waals surface area (Å²) in [5, 5.41) is 50.8. The standard InChI is InChI=1S/C27H23BrN8O.C25H24BrFN6O2.C24H25BrN6O2.C23H23BrN6O2S/c28-23-24(18-9-12-35(13-10-18)27(37)22-8-11-30-16-32-22)34-26-20(15-33-36(26)25(23)29)19-6-7-21(31-14-19)17-4-2-1-3-5-17;1-14(34)25(35)32-10-8-16(9-11-32)22-21(26)23(28)33-24(31-22)19(13-30-33)17-4-7-20(29-12-17)15-2-5-18(27)6-3-15;1-15(32)24(33)29-10-7-16(8-11-29)21-20(25)22(26)31-23(28-21)19(13-27-31)17-9-12-30(14-17)18-5-3-2-4-6-18;1-13(31)23(32)29-7-4-14(5-8-29)20-19(24)21(25)30-22(28-20)17(11-27-30)15-2-3-18(26-10-15)16-6-9-33-12-16/h1-8,11,14-16,18H,9-10,12-13,29H2;2-7,12-14,16,34H,8-11,28H2,1H3;2-6,9,12-16,32H,7-8,10-11,26H2,1H3;2-3,6,9-14,31H,4-5,7-8,25H2,1H3/t;14-;15-;13-/m.111/s1. The molecule has 39 heteroatoms. The van der Waals surface area contributed by atoms with Crippen molar-refractivity contribution in [2.75, 3.05) is 75.3 Å². The summed E-state index contributed by atoms with van der Waals surface area (Å²) >= 11 is 16.2. The number of para-hydroxylation sites is 1. The minimum Gasteiger partial charge on any atom is -0.384 e. The maximum atomic E-state index is 13.2. The van der Waals surface area contributed by atoms with Gasteiger partial charge in [-0.1, -0.05) is 66.7 Å². The fraction of sp³-hybridized carbons (Fsp3) is 0.263. The molecule has 0 spiro atoms. The Hall–Kier alpha value is -13.5. The van der Waals surface area contributed by atoms with Gasteiger partial charge in [0.2, 0.25) is 0 Å². The Balaban J connectivity index is 0.000000122. The first-order valence-electron chi connectivity index (χ1n) is 45.0. The Kier molecular flexibility index (Phi) is 28.4. The number of benzene rings is 3. The van der Waals surface area contributed by atoms with E-state index in [1.807, 2.05) is 126 Å². The highest BCUT2D eigenvalue weighted by Crippen LogP contribution is 2.44. The van der Waals surface area contributed by atoms with Crippen LogP contribution in [0.3, 0.4) is 0 Å². The lowest BCUT2D eigenvalue weighted by molar-refractivity contribution is -0.140. The van der Waals surface area contributed by atoms with Gasteiger partial charge in [0.1, 0.15) is 59.4 Å². The average molecular weight is 2130 g/mol. The second-order valence-corrected chi connectivity index (χ2v) is 38.2. The largest absolute Gasteiger partial charge is 0.384 e. The van der Waals surface area contributed by atoms with Crippen molar-refractivity contribution in [2.24, 2.45) is 0 Å². The number of nitrogen functional groups attached to an aromatic ring is 4. The van der Waals surface area contributed by atoms with E-state index >= 15 is 0 Å². The molecular weight excluding hydrogens is 2040 g/mol. The molecule has 4 aliphatic rings. The molecule has 3 aromatic carbocycles. The summed E-state index contributed by atoms with van der Waals surface area (Å²) in [6, 6.07) is 44.0. The quantitative estimate of drug-likeness (QED) is 0.0472. The van der Waals surface area contributed by atoms with Crippen LogP contribution >= 0.6 is 75.1 Å². The Morgan fingerprint density at radius 1 is 0.391 bits per heavy atom. The van der Waals surface area contributed by atoms with Gasteiger partial charge in [-0.3, -0.25) is 34.1 Å². The lowest BCUT2D eigenvalue weighted by Gasteiger charge is -2.33. The first-order chi connectivity index (χ1) is 66.8. The molecule has 21 rings (SSSR count). The number of halogens is 5. The molecule has 0 aliphatic carbocycles. The highest BCUT2D eigenvalue weighted by Gasteiger charge is 2.36. The Morgan fingerprint density at radius 3 is 1.07 bits per heavy atom. The molecule has 0 radical (unpaired) electrons. The Morgan fingerprint density at radius 2 is 0.732 bits per heavy atom. The molecule has 4 fully saturated rings. The van der Waals surface area contributed by atoms with Gasteiger partial charge in [-0.05, 0) is 214 Å². The van der Waals surface area contributed by atoms with Crippen molar-refractivity contribution in [1.29, 1.82) is 0 Å². The van der Waals surface area contributed by atoms with Crippen molar-refractivity contribution >= 4 is 145 Å².